The number of anilines is 1. The van der Waals surface area contributed by atoms with Crippen LogP contribution in [0.4, 0.5) is 5.69 Å². The molecule has 1 aliphatic heterocycles. The number of nitrogens with one attached hydrogen (secondary N) is 1. The number of hydrogen-bond acceptors (Lipinski definition) is 3. The first-order valence-corrected chi connectivity index (χ1v) is 8.82. The van der Waals surface area contributed by atoms with Crippen molar-refractivity contribution in [2.45, 2.75) is 13.0 Å². The molecule has 0 aliphatic carbocycles. The van der Waals surface area contributed by atoms with Gasteiger partial charge >= 0.3 is 0 Å². The van der Waals surface area contributed by atoms with E-state index >= 15 is 0 Å². The van der Waals surface area contributed by atoms with Gasteiger partial charge in [0.05, 0.1) is 18.7 Å². The highest BCUT2D eigenvalue weighted by Gasteiger charge is 2.34. The summed E-state index contributed by atoms with van der Waals surface area (Å²) in [6, 6.07) is 15.0. The van der Waals surface area contributed by atoms with Gasteiger partial charge in [0.25, 0.3) is 0 Å². The van der Waals surface area contributed by atoms with Crippen LogP contribution in [0.1, 0.15) is 12.0 Å². The predicted octanol–water partition coefficient (Wildman–Crippen LogP) is 3.44. The minimum absolute atomic E-state index is 0.00287. The quantitative estimate of drug-likeness (QED) is 0.832. The third kappa shape index (κ3) is 4.20. The van der Waals surface area contributed by atoms with E-state index in [2.05, 4.69) is 21.2 Å². The van der Waals surface area contributed by atoms with Crippen molar-refractivity contribution >= 4 is 33.4 Å². The number of nitrogens with zero attached hydrogens (tertiary/aromatic N) is 1. The van der Waals surface area contributed by atoms with Crippen molar-refractivity contribution in [1.82, 2.24) is 4.90 Å². The van der Waals surface area contributed by atoms with Crippen molar-refractivity contribution in [3.8, 4) is 5.75 Å². The molecule has 25 heavy (non-hydrogen) atoms. The molecule has 2 amide bonds. The van der Waals surface area contributed by atoms with E-state index in [1.807, 2.05) is 48.5 Å². The number of methoxy groups -OCH3 is 1. The summed E-state index contributed by atoms with van der Waals surface area (Å²) in [7, 11) is 1.62. The summed E-state index contributed by atoms with van der Waals surface area (Å²) in [5.41, 5.74) is 1.73. The maximum atomic E-state index is 12.5. The molecular weight excluding hydrogens is 384 g/mol. The van der Waals surface area contributed by atoms with Crippen LogP contribution >= 0.6 is 15.9 Å². The first-order chi connectivity index (χ1) is 12.1. The molecule has 0 spiro atoms. The average Bonchev–Trinajstić information content (AvgIpc) is 2.98. The van der Waals surface area contributed by atoms with Crippen molar-refractivity contribution < 1.29 is 14.3 Å². The molecule has 1 atom stereocenters. The third-order valence-corrected chi connectivity index (χ3v) is 4.94. The van der Waals surface area contributed by atoms with Gasteiger partial charge in [0, 0.05) is 24.0 Å². The number of hydrogen-bond donors (Lipinski definition) is 1. The van der Waals surface area contributed by atoms with Gasteiger partial charge in [-0.15, -0.1) is 0 Å². The number of ether oxygens (including phenoxy) is 1. The second kappa shape index (κ2) is 7.70. The molecule has 1 fully saturated rings. The molecular formula is C19H19BrN2O3. The van der Waals surface area contributed by atoms with Crippen LogP contribution in [0.25, 0.3) is 0 Å². The predicted molar refractivity (Wildman–Crippen MR) is 99.3 cm³/mol. The van der Waals surface area contributed by atoms with Gasteiger partial charge in [0.2, 0.25) is 11.8 Å². The van der Waals surface area contributed by atoms with Gasteiger partial charge in [-0.05, 0) is 45.8 Å². The lowest BCUT2D eigenvalue weighted by Gasteiger charge is -2.17. The smallest absolute Gasteiger partial charge is 0.229 e. The Balaban J connectivity index is 1.61. The van der Waals surface area contributed by atoms with E-state index in [0.717, 1.165) is 15.8 Å². The Morgan fingerprint density at radius 1 is 1.24 bits per heavy atom. The van der Waals surface area contributed by atoms with Crippen LogP contribution in [0.2, 0.25) is 0 Å². The van der Waals surface area contributed by atoms with Crippen LogP contribution in [0.3, 0.4) is 0 Å². The largest absolute Gasteiger partial charge is 0.497 e. The molecule has 6 heteroatoms. The van der Waals surface area contributed by atoms with E-state index in [1.54, 1.807) is 12.0 Å². The Labute approximate surface area is 155 Å². The van der Waals surface area contributed by atoms with Gasteiger partial charge in [-0.25, -0.2) is 0 Å². The molecule has 5 nitrogen and oxygen atoms in total. The zero-order valence-electron chi connectivity index (χ0n) is 13.9. The van der Waals surface area contributed by atoms with Crippen molar-refractivity contribution in [3.05, 3.63) is 58.6 Å². The van der Waals surface area contributed by atoms with Gasteiger partial charge < -0.3 is 15.0 Å². The maximum Gasteiger partial charge on any atom is 0.229 e. The first kappa shape index (κ1) is 17.5. The Bertz CT molecular complexity index is 776. The summed E-state index contributed by atoms with van der Waals surface area (Å²) in [6.07, 6.45) is 0.243. The van der Waals surface area contributed by atoms with Gasteiger partial charge in [-0.2, -0.15) is 0 Å². The fourth-order valence-electron chi connectivity index (χ4n) is 2.85. The Hall–Kier alpha value is -2.34. The second-order valence-electron chi connectivity index (χ2n) is 5.99. The summed E-state index contributed by atoms with van der Waals surface area (Å²) in [6.45, 7) is 0.933. The molecule has 1 N–H and O–H groups in total. The van der Waals surface area contributed by atoms with Crippen LogP contribution < -0.4 is 10.1 Å². The van der Waals surface area contributed by atoms with E-state index in [1.165, 1.54) is 0 Å². The number of benzene rings is 2. The lowest BCUT2D eigenvalue weighted by molar-refractivity contribution is -0.128. The third-order valence-electron chi connectivity index (χ3n) is 4.25. The van der Waals surface area contributed by atoms with Gasteiger partial charge in [-0.1, -0.05) is 24.3 Å². The Kier molecular flexibility index (Phi) is 5.38. The number of rotatable bonds is 5. The standard InChI is InChI=1S/C19H19BrN2O3/c1-25-15-8-6-13(7-9-15)11-22-12-14(10-18(22)23)19(24)21-17-5-3-2-4-16(17)20/h2-9,14H,10-12H2,1H3,(H,21,24)/t14-/m0/s1. The highest BCUT2D eigenvalue weighted by Crippen LogP contribution is 2.25. The molecule has 1 heterocycles. The van der Waals surface area contributed by atoms with Crippen LogP contribution in [0, 0.1) is 5.92 Å². The minimum atomic E-state index is -0.335. The van der Waals surface area contributed by atoms with Gasteiger partial charge in [-0.3, -0.25) is 9.59 Å². The number of carbonyl (C=O) groups is 2. The number of halogens is 1. The molecule has 130 valence electrons. The van der Waals surface area contributed by atoms with E-state index in [-0.39, 0.29) is 24.2 Å². The van der Waals surface area contributed by atoms with Crippen LogP contribution in [0.5, 0.6) is 5.75 Å². The van der Waals surface area contributed by atoms with Crippen LogP contribution in [-0.2, 0) is 16.1 Å². The molecule has 0 aromatic heterocycles. The molecule has 3 rings (SSSR count). The van der Waals surface area contributed by atoms with Gasteiger partial charge in [0.15, 0.2) is 0 Å². The first-order valence-electron chi connectivity index (χ1n) is 8.03. The number of para-hydroxylation sites is 1. The molecule has 1 aliphatic rings. The van der Waals surface area contributed by atoms with Crippen LogP contribution in [-0.4, -0.2) is 30.4 Å². The number of carbonyl (C=O) groups excluding carboxylic acids is 2. The van der Waals surface area contributed by atoms with Crippen molar-refractivity contribution in [1.29, 1.82) is 0 Å². The topological polar surface area (TPSA) is 58.6 Å². The summed E-state index contributed by atoms with van der Waals surface area (Å²) >= 11 is 3.41. The van der Waals surface area contributed by atoms with E-state index in [9.17, 15) is 9.59 Å². The molecule has 0 saturated carbocycles. The van der Waals surface area contributed by atoms with Crippen molar-refractivity contribution in [2.24, 2.45) is 5.92 Å². The summed E-state index contributed by atoms with van der Waals surface area (Å²) in [4.78, 5) is 26.4. The summed E-state index contributed by atoms with van der Waals surface area (Å²) < 4.78 is 5.96. The normalized spacial score (nSPS) is 16.8. The fourth-order valence-corrected chi connectivity index (χ4v) is 3.23. The monoisotopic (exact) mass is 402 g/mol. The summed E-state index contributed by atoms with van der Waals surface area (Å²) in [5, 5.41) is 2.89. The van der Waals surface area contributed by atoms with E-state index < -0.39 is 0 Å². The molecule has 1 saturated heterocycles. The molecule has 0 radical (unpaired) electrons. The highest BCUT2D eigenvalue weighted by molar-refractivity contribution is 9.10. The highest BCUT2D eigenvalue weighted by atomic mass is 79.9. The zero-order valence-corrected chi connectivity index (χ0v) is 15.5. The van der Waals surface area contributed by atoms with Crippen molar-refractivity contribution in [3.63, 3.8) is 0 Å². The minimum Gasteiger partial charge on any atom is -0.497 e. The van der Waals surface area contributed by atoms with E-state index in [4.69, 9.17) is 4.74 Å². The maximum absolute atomic E-state index is 12.5. The number of likely N-dealkylation sites (tertiary alicyclic amines) is 1. The Morgan fingerprint density at radius 3 is 2.64 bits per heavy atom. The molecule has 2 aromatic rings. The molecule has 0 bridgehead atoms. The van der Waals surface area contributed by atoms with Gasteiger partial charge in [0.1, 0.15) is 5.75 Å². The molecule has 0 unspecified atom stereocenters. The second-order valence-corrected chi connectivity index (χ2v) is 6.85. The summed E-state index contributed by atoms with van der Waals surface area (Å²) in [5.74, 6) is 0.320. The zero-order chi connectivity index (χ0) is 17.8. The Morgan fingerprint density at radius 2 is 1.96 bits per heavy atom. The average molecular weight is 403 g/mol. The van der Waals surface area contributed by atoms with Crippen molar-refractivity contribution in [2.75, 3.05) is 19.0 Å². The fraction of sp³-hybridized carbons (Fsp3) is 0.263. The van der Waals surface area contributed by atoms with Crippen LogP contribution in [0.15, 0.2) is 53.0 Å². The number of amides is 2. The SMILES string of the molecule is COc1ccc(CN2C[C@@H](C(=O)Nc3ccccc3Br)CC2=O)cc1. The van der Waals surface area contributed by atoms with E-state index in [0.29, 0.717) is 18.8 Å². The molecule has 2 aromatic carbocycles. The lowest BCUT2D eigenvalue weighted by atomic mass is 10.1. The lowest BCUT2D eigenvalue weighted by Crippen LogP contribution is -2.28.